The summed E-state index contributed by atoms with van der Waals surface area (Å²) in [5.41, 5.74) is 2.16. The van der Waals surface area contributed by atoms with Gasteiger partial charge >= 0.3 is 0 Å². The third kappa shape index (κ3) is 6.21. The molecule has 0 spiro atoms. The van der Waals surface area contributed by atoms with E-state index >= 15 is 0 Å². The molecule has 0 saturated carbocycles. The molecule has 0 aliphatic carbocycles. The molecule has 1 amide bonds. The highest BCUT2D eigenvalue weighted by molar-refractivity contribution is 7.89. The third-order valence-corrected chi connectivity index (χ3v) is 6.99. The van der Waals surface area contributed by atoms with E-state index in [0.717, 1.165) is 24.0 Å². The Labute approximate surface area is 184 Å². The number of nitrogens with one attached hydrogen (secondary N) is 1. The topological polar surface area (TPSA) is 84.9 Å². The van der Waals surface area contributed by atoms with Crippen molar-refractivity contribution in [2.24, 2.45) is 0 Å². The summed E-state index contributed by atoms with van der Waals surface area (Å²) in [5, 5.41) is 2.78. The lowest BCUT2D eigenvalue weighted by atomic mass is 10.1. The molecule has 1 atom stereocenters. The van der Waals surface area contributed by atoms with Gasteiger partial charge in [-0.3, -0.25) is 4.79 Å². The van der Waals surface area contributed by atoms with Crippen molar-refractivity contribution < 1.29 is 22.7 Å². The molecule has 2 aromatic carbocycles. The van der Waals surface area contributed by atoms with E-state index in [0.29, 0.717) is 31.1 Å². The summed E-state index contributed by atoms with van der Waals surface area (Å²) in [5.74, 6) is 0.990. The van der Waals surface area contributed by atoms with Crippen molar-refractivity contribution in [2.45, 2.75) is 44.6 Å². The molecule has 1 unspecified atom stereocenters. The summed E-state index contributed by atoms with van der Waals surface area (Å²) in [4.78, 5) is 12.5. The van der Waals surface area contributed by atoms with E-state index < -0.39 is 16.1 Å². The van der Waals surface area contributed by atoms with E-state index in [-0.39, 0.29) is 17.4 Å². The first-order chi connectivity index (χ1) is 14.8. The van der Waals surface area contributed by atoms with Crippen molar-refractivity contribution >= 4 is 15.9 Å². The predicted octanol–water partition coefficient (Wildman–Crippen LogP) is 3.05. The fourth-order valence-corrected chi connectivity index (χ4v) is 5.05. The number of carbonyl (C=O) groups is 1. The van der Waals surface area contributed by atoms with Crippen LogP contribution in [0, 0.1) is 13.8 Å². The van der Waals surface area contributed by atoms with E-state index in [2.05, 4.69) is 5.32 Å². The number of sulfonamides is 1. The summed E-state index contributed by atoms with van der Waals surface area (Å²) in [6.07, 6.45) is 1.18. The minimum absolute atomic E-state index is 0.227. The molecule has 2 aromatic rings. The molecule has 0 aromatic heterocycles. The molecule has 168 valence electrons. The van der Waals surface area contributed by atoms with Crippen molar-refractivity contribution in [1.82, 2.24) is 9.62 Å². The highest BCUT2D eigenvalue weighted by Crippen LogP contribution is 2.23. The van der Waals surface area contributed by atoms with E-state index in [1.54, 1.807) is 31.2 Å². The van der Waals surface area contributed by atoms with Crippen LogP contribution in [0.15, 0.2) is 47.4 Å². The molecule has 1 aliphatic rings. The number of rotatable bonds is 9. The largest absolute Gasteiger partial charge is 0.492 e. The Balaban J connectivity index is 1.43. The van der Waals surface area contributed by atoms with Gasteiger partial charge in [-0.25, -0.2) is 8.42 Å². The van der Waals surface area contributed by atoms with Crippen LogP contribution in [0.25, 0.3) is 0 Å². The lowest BCUT2D eigenvalue weighted by Crippen LogP contribution is -2.38. The Morgan fingerprint density at radius 1 is 1.03 bits per heavy atom. The highest BCUT2D eigenvalue weighted by atomic mass is 32.2. The molecule has 1 saturated heterocycles. The number of amides is 1. The molecule has 31 heavy (non-hydrogen) atoms. The number of aryl methyl sites for hydroxylation is 2. The summed E-state index contributed by atoms with van der Waals surface area (Å²) in [6.45, 7) is 7.39. The van der Waals surface area contributed by atoms with Gasteiger partial charge < -0.3 is 14.8 Å². The van der Waals surface area contributed by atoms with Gasteiger partial charge in [0.1, 0.15) is 18.1 Å². The molecular formula is C23H30N2O5S. The molecule has 1 fully saturated rings. The smallest absolute Gasteiger partial charge is 0.260 e. The van der Waals surface area contributed by atoms with Gasteiger partial charge in [-0.2, -0.15) is 4.31 Å². The summed E-state index contributed by atoms with van der Waals surface area (Å²) in [6, 6.07) is 12.2. The van der Waals surface area contributed by atoms with Crippen LogP contribution in [0.1, 0.15) is 30.9 Å². The van der Waals surface area contributed by atoms with Gasteiger partial charge in [0, 0.05) is 13.1 Å². The number of hydrogen-bond acceptors (Lipinski definition) is 5. The van der Waals surface area contributed by atoms with Crippen LogP contribution in [0.2, 0.25) is 0 Å². The van der Waals surface area contributed by atoms with Gasteiger partial charge in [0.25, 0.3) is 5.91 Å². The van der Waals surface area contributed by atoms with Crippen molar-refractivity contribution in [1.29, 1.82) is 0 Å². The molecule has 0 bridgehead atoms. The van der Waals surface area contributed by atoms with Crippen molar-refractivity contribution in [3.8, 4) is 11.5 Å². The van der Waals surface area contributed by atoms with Gasteiger partial charge in [-0.1, -0.05) is 6.07 Å². The number of ether oxygens (including phenoxy) is 2. The predicted molar refractivity (Wildman–Crippen MR) is 119 cm³/mol. The fraction of sp³-hybridized carbons (Fsp3) is 0.435. The van der Waals surface area contributed by atoms with E-state index in [1.807, 2.05) is 32.0 Å². The van der Waals surface area contributed by atoms with Gasteiger partial charge in [0.15, 0.2) is 6.10 Å². The zero-order valence-corrected chi connectivity index (χ0v) is 19.1. The highest BCUT2D eigenvalue weighted by Gasteiger charge is 2.26. The molecule has 1 N–H and O–H groups in total. The van der Waals surface area contributed by atoms with Crippen molar-refractivity contribution in [3.63, 3.8) is 0 Å². The Morgan fingerprint density at radius 3 is 2.26 bits per heavy atom. The second-order valence-corrected chi connectivity index (χ2v) is 9.74. The maximum atomic E-state index is 12.5. The first-order valence-electron chi connectivity index (χ1n) is 10.5. The van der Waals surface area contributed by atoms with Crippen LogP contribution in [0.3, 0.4) is 0 Å². The quantitative estimate of drug-likeness (QED) is 0.599. The SMILES string of the molecule is Cc1cc(C)cc(OC(C)C(=O)NCCOc2ccc(S(=O)(=O)N3CCCC3)cc2)c1. The monoisotopic (exact) mass is 446 g/mol. The molecule has 1 aliphatic heterocycles. The van der Waals surface area contributed by atoms with Crippen molar-refractivity contribution in [2.75, 3.05) is 26.2 Å². The Morgan fingerprint density at radius 2 is 1.65 bits per heavy atom. The molecule has 0 radical (unpaired) electrons. The normalized spacial score (nSPS) is 15.5. The minimum atomic E-state index is -3.43. The Hall–Kier alpha value is -2.58. The number of nitrogens with zero attached hydrogens (tertiary/aromatic N) is 1. The number of carbonyl (C=O) groups excluding carboxylic acids is 1. The molecule has 7 nitrogen and oxygen atoms in total. The fourth-order valence-electron chi connectivity index (χ4n) is 3.53. The maximum absolute atomic E-state index is 12.5. The van der Waals surface area contributed by atoms with Crippen LogP contribution in [-0.4, -0.2) is 51.0 Å². The lowest BCUT2D eigenvalue weighted by molar-refractivity contribution is -0.127. The van der Waals surface area contributed by atoms with Crippen LogP contribution < -0.4 is 14.8 Å². The van der Waals surface area contributed by atoms with Gasteiger partial charge in [0.05, 0.1) is 11.4 Å². The second kappa shape index (κ2) is 10.2. The summed E-state index contributed by atoms with van der Waals surface area (Å²) < 4.78 is 37.9. The first-order valence-corrected chi connectivity index (χ1v) is 12.0. The molecule has 3 rings (SSSR count). The van der Waals surface area contributed by atoms with E-state index in [9.17, 15) is 13.2 Å². The van der Waals surface area contributed by atoms with Crippen LogP contribution in [0.5, 0.6) is 11.5 Å². The average Bonchev–Trinajstić information content (AvgIpc) is 3.26. The van der Waals surface area contributed by atoms with Gasteiger partial charge in [0.2, 0.25) is 10.0 Å². The summed E-state index contributed by atoms with van der Waals surface area (Å²) in [7, 11) is -3.43. The number of benzene rings is 2. The maximum Gasteiger partial charge on any atom is 0.260 e. The van der Waals surface area contributed by atoms with Gasteiger partial charge in [-0.05, 0) is 81.1 Å². The molecule has 1 heterocycles. The number of hydrogen-bond donors (Lipinski definition) is 1. The third-order valence-electron chi connectivity index (χ3n) is 5.07. The van der Waals surface area contributed by atoms with Crippen LogP contribution in [-0.2, 0) is 14.8 Å². The van der Waals surface area contributed by atoms with E-state index in [4.69, 9.17) is 9.47 Å². The minimum Gasteiger partial charge on any atom is -0.492 e. The molecule has 8 heteroatoms. The van der Waals surface area contributed by atoms with Crippen LogP contribution in [0.4, 0.5) is 0 Å². The Kier molecular flexibility index (Phi) is 7.56. The second-order valence-electron chi connectivity index (χ2n) is 7.81. The first kappa shape index (κ1) is 23.1. The zero-order chi connectivity index (χ0) is 22.4. The van der Waals surface area contributed by atoms with Gasteiger partial charge in [-0.15, -0.1) is 0 Å². The lowest BCUT2D eigenvalue weighted by Gasteiger charge is -2.16. The average molecular weight is 447 g/mol. The molecular weight excluding hydrogens is 416 g/mol. The van der Waals surface area contributed by atoms with E-state index in [1.165, 1.54) is 4.31 Å². The van der Waals surface area contributed by atoms with Crippen LogP contribution >= 0.6 is 0 Å². The zero-order valence-electron chi connectivity index (χ0n) is 18.3. The van der Waals surface area contributed by atoms with Crippen molar-refractivity contribution in [3.05, 3.63) is 53.6 Å². The Bertz CT molecular complexity index is 979. The standard InChI is InChI=1S/C23H30N2O5S/c1-17-14-18(2)16-21(15-17)30-19(3)23(26)24-10-13-29-20-6-8-22(9-7-20)31(27,28)25-11-4-5-12-25/h6-9,14-16,19H,4-5,10-13H2,1-3H3,(H,24,26). The summed E-state index contributed by atoms with van der Waals surface area (Å²) >= 11 is 0.